The Hall–Kier alpha value is -2.13. The minimum absolute atomic E-state index is 0.326. The lowest BCUT2D eigenvalue weighted by atomic mass is 10.1. The van der Waals surface area contributed by atoms with Gasteiger partial charge in [0.15, 0.2) is 0 Å². The van der Waals surface area contributed by atoms with Crippen LogP contribution in [-0.2, 0) is 0 Å². The number of anilines is 1. The molecule has 0 unspecified atom stereocenters. The van der Waals surface area contributed by atoms with Gasteiger partial charge in [-0.25, -0.2) is 4.90 Å². The van der Waals surface area contributed by atoms with Crippen LogP contribution in [0.4, 0.5) is 5.69 Å². The number of hydrogen-bond donors (Lipinski definition) is 0. The lowest BCUT2D eigenvalue weighted by Gasteiger charge is -2.16. The van der Waals surface area contributed by atoms with Gasteiger partial charge in [-0.1, -0.05) is 29.8 Å². The van der Waals surface area contributed by atoms with E-state index in [0.717, 1.165) is 10.5 Å². The fraction of sp³-hybridized carbons (Fsp3) is 0.0667. The first-order chi connectivity index (χ1) is 9.09. The van der Waals surface area contributed by atoms with E-state index in [1.807, 2.05) is 13.0 Å². The normalized spacial score (nSPS) is 13.9. The third-order valence-electron chi connectivity index (χ3n) is 3.14. The molecule has 0 bridgehead atoms. The van der Waals surface area contributed by atoms with Crippen LogP contribution >= 0.6 is 11.6 Å². The van der Waals surface area contributed by atoms with Crippen molar-refractivity contribution in [3.8, 4) is 0 Å². The van der Waals surface area contributed by atoms with E-state index in [0.29, 0.717) is 21.8 Å². The van der Waals surface area contributed by atoms with Crippen molar-refractivity contribution in [1.82, 2.24) is 0 Å². The molecule has 2 aromatic carbocycles. The van der Waals surface area contributed by atoms with E-state index in [1.165, 1.54) is 0 Å². The lowest BCUT2D eigenvalue weighted by molar-refractivity contribution is 0.0926. The quantitative estimate of drug-likeness (QED) is 0.745. The topological polar surface area (TPSA) is 37.4 Å². The number of carbonyl (C=O) groups excluding carboxylic acids is 2. The molecular weight excluding hydrogens is 262 g/mol. The van der Waals surface area contributed by atoms with Crippen LogP contribution < -0.4 is 4.90 Å². The van der Waals surface area contributed by atoms with Gasteiger partial charge in [0, 0.05) is 0 Å². The third-order valence-corrected chi connectivity index (χ3v) is 3.46. The molecule has 94 valence electrons. The molecule has 0 aliphatic carbocycles. The van der Waals surface area contributed by atoms with E-state index >= 15 is 0 Å². The summed E-state index contributed by atoms with van der Waals surface area (Å²) in [5.74, 6) is -0.652. The Morgan fingerprint density at radius 3 is 2.11 bits per heavy atom. The Bertz CT molecular complexity index is 674. The van der Waals surface area contributed by atoms with Crippen molar-refractivity contribution in [3.63, 3.8) is 0 Å². The average molecular weight is 272 g/mol. The second-order valence-corrected chi connectivity index (χ2v) is 4.85. The molecule has 1 aliphatic rings. The Kier molecular flexibility index (Phi) is 2.64. The van der Waals surface area contributed by atoms with E-state index in [4.69, 9.17) is 11.6 Å². The highest BCUT2D eigenvalue weighted by Crippen LogP contribution is 2.33. The molecular formula is C15H10ClNO2. The Morgan fingerprint density at radius 1 is 0.947 bits per heavy atom. The molecule has 0 N–H and O–H groups in total. The average Bonchev–Trinajstić information content (AvgIpc) is 2.66. The van der Waals surface area contributed by atoms with Crippen LogP contribution in [0.5, 0.6) is 0 Å². The minimum atomic E-state index is -0.326. The second kappa shape index (κ2) is 4.21. The van der Waals surface area contributed by atoms with Crippen LogP contribution in [0, 0.1) is 6.92 Å². The number of fused-ring (bicyclic) bond motifs is 1. The van der Waals surface area contributed by atoms with Crippen LogP contribution in [0.2, 0.25) is 5.02 Å². The molecule has 0 aromatic heterocycles. The zero-order valence-corrected chi connectivity index (χ0v) is 10.9. The van der Waals surface area contributed by atoms with E-state index in [-0.39, 0.29) is 11.8 Å². The molecule has 0 atom stereocenters. The molecule has 0 radical (unpaired) electrons. The highest BCUT2D eigenvalue weighted by atomic mass is 35.5. The summed E-state index contributed by atoms with van der Waals surface area (Å²) >= 11 is 6.10. The third kappa shape index (κ3) is 1.74. The van der Waals surface area contributed by atoms with Gasteiger partial charge in [0.05, 0.1) is 21.8 Å². The molecule has 2 amide bonds. The summed E-state index contributed by atoms with van der Waals surface area (Å²) in [6.07, 6.45) is 0. The molecule has 4 heteroatoms. The molecule has 2 aromatic rings. The van der Waals surface area contributed by atoms with E-state index < -0.39 is 0 Å². The monoisotopic (exact) mass is 271 g/mol. The molecule has 0 spiro atoms. The number of imide groups is 1. The summed E-state index contributed by atoms with van der Waals surface area (Å²) in [6.45, 7) is 1.89. The number of nitrogens with zero attached hydrogens (tertiary/aromatic N) is 1. The van der Waals surface area contributed by atoms with Crippen molar-refractivity contribution in [2.75, 3.05) is 4.90 Å². The summed E-state index contributed by atoms with van der Waals surface area (Å²) in [7, 11) is 0. The number of halogens is 1. The zero-order valence-electron chi connectivity index (χ0n) is 10.2. The fourth-order valence-corrected chi connectivity index (χ4v) is 2.40. The number of carbonyl (C=O) groups is 2. The molecule has 1 aliphatic heterocycles. The highest BCUT2D eigenvalue weighted by Gasteiger charge is 2.37. The number of rotatable bonds is 1. The largest absolute Gasteiger partial charge is 0.268 e. The van der Waals surface area contributed by atoms with Crippen LogP contribution in [0.25, 0.3) is 0 Å². The Labute approximate surface area is 115 Å². The maximum absolute atomic E-state index is 12.3. The molecule has 3 rings (SSSR count). The SMILES string of the molecule is Cc1ccc(Cl)c(N2C(=O)c3ccccc3C2=O)c1. The van der Waals surface area contributed by atoms with Gasteiger partial charge in [-0.05, 0) is 36.8 Å². The van der Waals surface area contributed by atoms with Gasteiger partial charge in [0.25, 0.3) is 11.8 Å². The van der Waals surface area contributed by atoms with Crippen LogP contribution in [0.1, 0.15) is 26.3 Å². The van der Waals surface area contributed by atoms with Crippen molar-refractivity contribution in [3.05, 3.63) is 64.2 Å². The van der Waals surface area contributed by atoms with Crippen LogP contribution in [0.15, 0.2) is 42.5 Å². The Balaban J connectivity index is 2.17. The predicted molar refractivity (Wildman–Crippen MR) is 73.8 cm³/mol. The van der Waals surface area contributed by atoms with Crippen molar-refractivity contribution in [1.29, 1.82) is 0 Å². The lowest BCUT2D eigenvalue weighted by Crippen LogP contribution is -2.29. The van der Waals surface area contributed by atoms with Gasteiger partial charge in [-0.3, -0.25) is 9.59 Å². The molecule has 0 fully saturated rings. The first-order valence-electron chi connectivity index (χ1n) is 5.83. The van der Waals surface area contributed by atoms with Crippen molar-refractivity contribution in [2.45, 2.75) is 6.92 Å². The summed E-state index contributed by atoms with van der Waals surface area (Å²) in [6, 6.07) is 12.1. The first kappa shape index (κ1) is 11.9. The number of aryl methyl sites for hydroxylation is 1. The molecule has 19 heavy (non-hydrogen) atoms. The van der Waals surface area contributed by atoms with Gasteiger partial charge in [0.2, 0.25) is 0 Å². The van der Waals surface area contributed by atoms with Gasteiger partial charge < -0.3 is 0 Å². The predicted octanol–water partition coefficient (Wildman–Crippen LogP) is 3.45. The molecule has 3 nitrogen and oxygen atoms in total. The van der Waals surface area contributed by atoms with Crippen LogP contribution in [0.3, 0.4) is 0 Å². The number of amides is 2. The highest BCUT2D eigenvalue weighted by molar-refractivity contribution is 6.39. The van der Waals surface area contributed by atoms with Gasteiger partial charge in [-0.15, -0.1) is 0 Å². The Morgan fingerprint density at radius 2 is 1.53 bits per heavy atom. The molecule has 0 saturated heterocycles. The van der Waals surface area contributed by atoms with Crippen molar-refractivity contribution >= 4 is 29.1 Å². The maximum atomic E-state index is 12.3. The standard InChI is InChI=1S/C15H10ClNO2/c1-9-6-7-12(16)13(8-9)17-14(18)10-4-2-3-5-11(10)15(17)19/h2-8H,1H3. The smallest absolute Gasteiger partial charge is 0.266 e. The van der Waals surface area contributed by atoms with Gasteiger partial charge in [0.1, 0.15) is 0 Å². The van der Waals surface area contributed by atoms with E-state index in [1.54, 1.807) is 36.4 Å². The first-order valence-corrected chi connectivity index (χ1v) is 6.21. The van der Waals surface area contributed by atoms with Crippen molar-refractivity contribution in [2.24, 2.45) is 0 Å². The summed E-state index contributed by atoms with van der Waals surface area (Å²) in [4.78, 5) is 25.8. The van der Waals surface area contributed by atoms with E-state index in [2.05, 4.69) is 0 Å². The second-order valence-electron chi connectivity index (χ2n) is 4.45. The molecule has 0 saturated carbocycles. The van der Waals surface area contributed by atoms with Crippen LogP contribution in [-0.4, -0.2) is 11.8 Å². The number of benzene rings is 2. The molecule has 1 heterocycles. The van der Waals surface area contributed by atoms with Gasteiger partial charge >= 0.3 is 0 Å². The maximum Gasteiger partial charge on any atom is 0.266 e. The van der Waals surface area contributed by atoms with E-state index in [9.17, 15) is 9.59 Å². The van der Waals surface area contributed by atoms with Crippen molar-refractivity contribution < 1.29 is 9.59 Å². The fourth-order valence-electron chi connectivity index (χ4n) is 2.20. The summed E-state index contributed by atoms with van der Waals surface area (Å²) < 4.78 is 0. The minimum Gasteiger partial charge on any atom is -0.268 e. The number of hydrogen-bond acceptors (Lipinski definition) is 2. The van der Waals surface area contributed by atoms with Gasteiger partial charge in [-0.2, -0.15) is 0 Å². The summed E-state index contributed by atoms with van der Waals surface area (Å²) in [5.41, 5.74) is 2.22. The zero-order chi connectivity index (χ0) is 13.6. The summed E-state index contributed by atoms with van der Waals surface area (Å²) in [5, 5.41) is 0.389.